The molecular formula is C16H21N3O3. The second-order valence-electron chi connectivity index (χ2n) is 5.20. The van der Waals surface area contributed by atoms with Gasteiger partial charge in [0.2, 0.25) is 5.91 Å². The molecule has 1 N–H and O–H groups in total. The quantitative estimate of drug-likeness (QED) is 0.793. The Morgan fingerprint density at radius 1 is 1.27 bits per heavy atom. The molecule has 0 aliphatic carbocycles. The molecular weight excluding hydrogens is 282 g/mol. The molecule has 0 aliphatic rings. The van der Waals surface area contributed by atoms with E-state index in [9.17, 15) is 9.59 Å². The van der Waals surface area contributed by atoms with E-state index in [1.807, 2.05) is 24.3 Å². The van der Waals surface area contributed by atoms with Gasteiger partial charge in [-0.15, -0.1) is 0 Å². The molecule has 6 heteroatoms. The van der Waals surface area contributed by atoms with Crippen LogP contribution in [0.5, 0.6) is 0 Å². The molecule has 0 aliphatic heterocycles. The number of ether oxygens (including phenoxy) is 1. The van der Waals surface area contributed by atoms with E-state index in [2.05, 4.69) is 14.7 Å². The Hall–Kier alpha value is -2.37. The second kappa shape index (κ2) is 7.59. The van der Waals surface area contributed by atoms with Gasteiger partial charge < -0.3 is 14.6 Å². The third-order valence-electron chi connectivity index (χ3n) is 3.54. The topological polar surface area (TPSA) is 75.3 Å². The number of carbonyl (C=O) groups is 2. The van der Waals surface area contributed by atoms with E-state index in [-0.39, 0.29) is 11.9 Å². The molecule has 2 aromatic rings. The standard InChI is InChI=1S/C16H21N3O3/c1-19(11-5-8-16(21)22-2)15(20)10-9-14-17-12-6-3-4-7-13(12)18-14/h3-4,6-7H,5,8-11H2,1-2H3,(H,17,18). The lowest BCUT2D eigenvalue weighted by Gasteiger charge is -2.16. The average Bonchev–Trinajstić information content (AvgIpc) is 2.95. The highest BCUT2D eigenvalue weighted by atomic mass is 16.5. The summed E-state index contributed by atoms with van der Waals surface area (Å²) < 4.78 is 4.57. The highest BCUT2D eigenvalue weighted by molar-refractivity contribution is 5.77. The number of amides is 1. The number of para-hydroxylation sites is 2. The molecule has 22 heavy (non-hydrogen) atoms. The van der Waals surface area contributed by atoms with Crippen LogP contribution in [0.1, 0.15) is 25.1 Å². The number of benzene rings is 1. The average molecular weight is 303 g/mol. The SMILES string of the molecule is COC(=O)CCCN(C)C(=O)CCc1nc2ccccc2[nH]1. The van der Waals surface area contributed by atoms with Crippen LogP contribution in [0.4, 0.5) is 0 Å². The molecule has 0 saturated carbocycles. The monoisotopic (exact) mass is 303 g/mol. The number of hydrogen-bond acceptors (Lipinski definition) is 4. The molecule has 2 rings (SSSR count). The summed E-state index contributed by atoms with van der Waals surface area (Å²) in [7, 11) is 3.11. The Labute approximate surface area is 129 Å². The van der Waals surface area contributed by atoms with Crippen molar-refractivity contribution in [3.8, 4) is 0 Å². The second-order valence-corrected chi connectivity index (χ2v) is 5.20. The molecule has 0 unspecified atom stereocenters. The predicted molar refractivity (Wildman–Crippen MR) is 83.3 cm³/mol. The summed E-state index contributed by atoms with van der Waals surface area (Å²) >= 11 is 0. The zero-order chi connectivity index (χ0) is 15.9. The van der Waals surface area contributed by atoms with E-state index in [1.165, 1.54) is 7.11 Å². The molecule has 0 saturated heterocycles. The van der Waals surface area contributed by atoms with Gasteiger partial charge in [0.25, 0.3) is 0 Å². The van der Waals surface area contributed by atoms with Gasteiger partial charge in [-0.25, -0.2) is 4.98 Å². The van der Waals surface area contributed by atoms with E-state index < -0.39 is 0 Å². The van der Waals surface area contributed by atoms with Crippen molar-refractivity contribution >= 4 is 22.9 Å². The summed E-state index contributed by atoms with van der Waals surface area (Å²) in [5.41, 5.74) is 1.90. The fourth-order valence-corrected chi connectivity index (χ4v) is 2.23. The lowest BCUT2D eigenvalue weighted by atomic mass is 10.2. The van der Waals surface area contributed by atoms with E-state index in [4.69, 9.17) is 0 Å². The van der Waals surface area contributed by atoms with Gasteiger partial charge in [-0.2, -0.15) is 0 Å². The van der Waals surface area contributed by atoms with Gasteiger partial charge in [0, 0.05) is 32.9 Å². The number of nitrogens with zero attached hydrogens (tertiary/aromatic N) is 2. The van der Waals surface area contributed by atoms with Gasteiger partial charge in [0.15, 0.2) is 0 Å². The van der Waals surface area contributed by atoms with Crippen molar-refractivity contribution in [1.82, 2.24) is 14.9 Å². The third kappa shape index (κ3) is 4.31. The first kappa shape index (κ1) is 16.0. The lowest BCUT2D eigenvalue weighted by molar-refractivity contribution is -0.141. The molecule has 1 heterocycles. The van der Waals surface area contributed by atoms with Crippen LogP contribution in [0.25, 0.3) is 11.0 Å². The van der Waals surface area contributed by atoms with Crippen LogP contribution in [0.15, 0.2) is 24.3 Å². The summed E-state index contributed by atoms with van der Waals surface area (Å²) in [4.78, 5) is 32.4. The number of aromatic nitrogens is 2. The lowest BCUT2D eigenvalue weighted by Crippen LogP contribution is -2.28. The van der Waals surface area contributed by atoms with Gasteiger partial charge in [-0.05, 0) is 18.6 Å². The van der Waals surface area contributed by atoms with E-state index in [1.54, 1.807) is 11.9 Å². The van der Waals surface area contributed by atoms with Crippen LogP contribution in [-0.2, 0) is 20.7 Å². The molecule has 1 aromatic carbocycles. The van der Waals surface area contributed by atoms with Crippen LogP contribution in [0, 0.1) is 0 Å². The molecule has 118 valence electrons. The number of aryl methyl sites for hydroxylation is 1. The van der Waals surface area contributed by atoms with Crippen molar-refractivity contribution in [2.45, 2.75) is 25.7 Å². The van der Waals surface area contributed by atoms with Gasteiger partial charge in [-0.3, -0.25) is 9.59 Å². The number of carbonyl (C=O) groups excluding carboxylic acids is 2. The largest absolute Gasteiger partial charge is 0.469 e. The number of hydrogen-bond donors (Lipinski definition) is 1. The highest BCUT2D eigenvalue weighted by Gasteiger charge is 2.11. The summed E-state index contributed by atoms with van der Waals surface area (Å²) in [6.45, 7) is 0.550. The first-order valence-electron chi connectivity index (χ1n) is 7.34. The van der Waals surface area contributed by atoms with Gasteiger partial charge in [0.1, 0.15) is 5.82 Å². The van der Waals surface area contributed by atoms with Gasteiger partial charge >= 0.3 is 5.97 Å². The molecule has 1 amide bonds. The van der Waals surface area contributed by atoms with Gasteiger partial charge in [0.05, 0.1) is 18.1 Å². The van der Waals surface area contributed by atoms with E-state index in [0.29, 0.717) is 32.2 Å². The van der Waals surface area contributed by atoms with Crippen molar-refractivity contribution in [3.05, 3.63) is 30.1 Å². The van der Waals surface area contributed by atoms with E-state index >= 15 is 0 Å². The number of imidazole rings is 1. The maximum absolute atomic E-state index is 12.0. The van der Waals surface area contributed by atoms with Gasteiger partial charge in [-0.1, -0.05) is 12.1 Å². The molecule has 1 aromatic heterocycles. The summed E-state index contributed by atoms with van der Waals surface area (Å²) in [6.07, 6.45) is 1.92. The predicted octanol–water partition coefficient (Wildman–Crippen LogP) is 1.91. The zero-order valence-corrected chi connectivity index (χ0v) is 13.0. The van der Waals surface area contributed by atoms with Crippen molar-refractivity contribution in [2.75, 3.05) is 20.7 Å². The van der Waals surface area contributed by atoms with Crippen LogP contribution in [0.2, 0.25) is 0 Å². The fourth-order valence-electron chi connectivity index (χ4n) is 2.23. The summed E-state index contributed by atoms with van der Waals surface area (Å²) in [5, 5.41) is 0. The molecule has 6 nitrogen and oxygen atoms in total. The molecule has 0 atom stereocenters. The third-order valence-corrected chi connectivity index (χ3v) is 3.54. The number of esters is 1. The van der Waals surface area contributed by atoms with Crippen molar-refractivity contribution in [3.63, 3.8) is 0 Å². The number of rotatable bonds is 7. The maximum Gasteiger partial charge on any atom is 0.305 e. The van der Waals surface area contributed by atoms with Crippen molar-refractivity contribution in [1.29, 1.82) is 0 Å². The van der Waals surface area contributed by atoms with Crippen molar-refractivity contribution < 1.29 is 14.3 Å². The van der Waals surface area contributed by atoms with Crippen molar-refractivity contribution in [2.24, 2.45) is 0 Å². The zero-order valence-electron chi connectivity index (χ0n) is 13.0. The highest BCUT2D eigenvalue weighted by Crippen LogP contribution is 2.11. The molecule has 0 spiro atoms. The number of methoxy groups -OCH3 is 1. The van der Waals surface area contributed by atoms with E-state index in [0.717, 1.165) is 16.9 Å². The first-order chi connectivity index (χ1) is 10.6. The number of fused-ring (bicyclic) bond motifs is 1. The minimum Gasteiger partial charge on any atom is -0.469 e. The minimum absolute atomic E-state index is 0.0466. The van der Waals surface area contributed by atoms with Crippen LogP contribution in [0.3, 0.4) is 0 Å². The molecule has 0 fully saturated rings. The minimum atomic E-state index is -0.247. The van der Waals surface area contributed by atoms with Crippen LogP contribution >= 0.6 is 0 Å². The molecule has 0 radical (unpaired) electrons. The number of aromatic amines is 1. The Kier molecular flexibility index (Phi) is 5.52. The van der Waals surface area contributed by atoms with Crippen LogP contribution < -0.4 is 0 Å². The Bertz CT molecular complexity index is 618. The number of H-pyrrole nitrogens is 1. The Morgan fingerprint density at radius 2 is 2.05 bits per heavy atom. The molecule has 0 bridgehead atoms. The Morgan fingerprint density at radius 3 is 2.77 bits per heavy atom. The summed E-state index contributed by atoms with van der Waals surface area (Å²) in [5.74, 6) is 0.617. The first-order valence-corrected chi connectivity index (χ1v) is 7.34. The normalized spacial score (nSPS) is 10.6. The summed E-state index contributed by atoms with van der Waals surface area (Å²) in [6, 6.07) is 7.79. The Balaban J connectivity index is 1.77. The maximum atomic E-state index is 12.0. The fraction of sp³-hybridized carbons (Fsp3) is 0.438. The smallest absolute Gasteiger partial charge is 0.305 e. The van der Waals surface area contributed by atoms with Crippen LogP contribution in [-0.4, -0.2) is 47.4 Å². The number of nitrogens with one attached hydrogen (secondary N) is 1.